The van der Waals surface area contributed by atoms with E-state index in [1.807, 2.05) is 36.0 Å². The van der Waals surface area contributed by atoms with Gasteiger partial charge in [0.25, 0.3) is 0 Å². The van der Waals surface area contributed by atoms with Crippen molar-refractivity contribution in [2.24, 2.45) is 11.8 Å². The number of phenols is 1. The summed E-state index contributed by atoms with van der Waals surface area (Å²) in [6, 6.07) is 11.4. The van der Waals surface area contributed by atoms with Crippen LogP contribution in [0.25, 0.3) is 0 Å². The van der Waals surface area contributed by atoms with Crippen LogP contribution in [0.1, 0.15) is 18.4 Å². The van der Waals surface area contributed by atoms with Crippen LogP contribution in [0.5, 0.6) is 5.75 Å². The number of aliphatic hydroxyl groups is 1. The van der Waals surface area contributed by atoms with E-state index < -0.39 is 5.60 Å². The molecule has 1 aliphatic heterocycles. The molecular weight excluding hydrogens is 332 g/mol. The first-order chi connectivity index (χ1) is 12.1. The molecule has 2 heterocycles. The number of fused-ring (bicyclic) bond motifs is 1. The average Bonchev–Trinajstić information content (AvgIpc) is 3.09. The summed E-state index contributed by atoms with van der Waals surface area (Å²) in [5, 5.41) is 20.4. The van der Waals surface area contributed by atoms with Crippen LogP contribution in [0.4, 0.5) is 0 Å². The molecule has 1 saturated heterocycles. The zero-order chi connectivity index (χ0) is 17.3. The van der Waals surface area contributed by atoms with Crippen molar-refractivity contribution in [1.82, 2.24) is 9.88 Å². The van der Waals surface area contributed by atoms with Crippen molar-refractivity contribution in [3.05, 3.63) is 54.4 Å². The van der Waals surface area contributed by atoms with Gasteiger partial charge in [0, 0.05) is 42.7 Å². The van der Waals surface area contributed by atoms with Crippen LogP contribution in [0.15, 0.2) is 53.7 Å². The smallest absolute Gasteiger partial charge is 0.115 e. The number of pyridine rings is 1. The monoisotopic (exact) mass is 356 g/mol. The summed E-state index contributed by atoms with van der Waals surface area (Å²) in [6.45, 7) is 2.16. The van der Waals surface area contributed by atoms with Gasteiger partial charge in [0.1, 0.15) is 5.75 Å². The minimum atomic E-state index is -0.549. The number of hydrogen-bond acceptors (Lipinski definition) is 5. The van der Waals surface area contributed by atoms with Crippen LogP contribution >= 0.6 is 11.8 Å². The van der Waals surface area contributed by atoms with E-state index in [1.54, 1.807) is 24.5 Å². The maximum atomic E-state index is 11.0. The van der Waals surface area contributed by atoms with Crippen LogP contribution < -0.4 is 0 Å². The van der Waals surface area contributed by atoms with E-state index >= 15 is 0 Å². The lowest BCUT2D eigenvalue weighted by Gasteiger charge is -2.26. The van der Waals surface area contributed by atoms with Gasteiger partial charge < -0.3 is 10.2 Å². The van der Waals surface area contributed by atoms with Crippen molar-refractivity contribution in [2.45, 2.75) is 29.8 Å². The van der Waals surface area contributed by atoms with Crippen LogP contribution in [0.3, 0.4) is 0 Å². The van der Waals surface area contributed by atoms with E-state index in [9.17, 15) is 10.2 Å². The molecule has 2 aliphatic rings. The van der Waals surface area contributed by atoms with Gasteiger partial charge in [-0.25, -0.2) is 0 Å². The largest absolute Gasteiger partial charge is 0.508 e. The van der Waals surface area contributed by atoms with Gasteiger partial charge in [-0.2, -0.15) is 0 Å². The topological polar surface area (TPSA) is 56.6 Å². The van der Waals surface area contributed by atoms with E-state index in [1.165, 1.54) is 10.5 Å². The summed E-state index contributed by atoms with van der Waals surface area (Å²) in [5.41, 5.74) is 0.629. The molecule has 3 atom stereocenters. The highest BCUT2D eigenvalue weighted by Crippen LogP contribution is 2.45. The van der Waals surface area contributed by atoms with Gasteiger partial charge in [-0.3, -0.25) is 9.88 Å². The van der Waals surface area contributed by atoms with Crippen LogP contribution in [0.2, 0.25) is 0 Å². The van der Waals surface area contributed by atoms with Crippen molar-refractivity contribution in [1.29, 1.82) is 0 Å². The molecule has 4 rings (SSSR count). The molecule has 5 heteroatoms. The molecular formula is C20H24N2O2S. The molecule has 0 spiro atoms. The molecule has 1 aliphatic carbocycles. The van der Waals surface area contributed by atoms with Crippen molar-refractivity contribution in [2.75, 3.05) is 19.0 Å². The second-order valence-corrected chi connectivity index (χ2v) is 8.51. The number of aromatic hydroxyl groups is 1. The average molecular weight is 356 g/mol. The van der Waals surface area contributed by atoms with Gasteiger partial charge in [0.2, 0.25) is 0 Å². The molecule has 1 saturated carbocycles. The Labute approximate surface area is 152 Å². The molecule has 0 radical (unpaired) electrons. The Hall–Kier alpha value is -1.56. The molecule has 0 bridgehead atoms. The maximum Gasteiger partial charge on any atom is 0.115 e. The molecule has 2 fully saturated rings. The quantitative estimate of drug-likeness (QED) is 0.806. The van der Waals surface area contributed by atoms with E-state index in [-0.39, 0.29) is 0 Å². The number of rotatable bonds is 5. The summed E-state index contributed by atoms with van der Waals surface area (Å²) in [4.78, 5) is 7.74. The fraction of sp³-hybridized carbons (Fsp3) is 0.450. The Bertz CT molecular complexity index is 693. The lowest BCUT2D eigenvalue weighted by molar-refractivity contribution is 0.0362. The Morgan fingerprint density at radius 1 is 1.04 bits per heavy atom. The normalized spacial score (nSPS) is 29.0. The van der Waals surface area contributed by atoms with E-state index in [2.05, 4.69) is 9.88 Å². The molecule has 132 valence electrons. The Balaban J connectivity index is 1.29. The zero-order valence-corrected chi connectivity index (χ0v) is 15.0. The number of likely N-dealkylation sites (tertiary alicyclic amines) is 1. The predicted molar refractivity (Wildman–Crippen MR) is 99.5 cm³/mol. The van der Waals surface area contributed by atoms with Gasteiger partial charge in [0.05, 0.1) is 5.60 Å². The van der Waals surface area contributed by atoms with Crippen LogP contribution in [0, 0.1) is 11.8 Å². The SMILES string of the molecule is Oc1ccc(SCN2C[C@@H]3CC(O)(Cc4ccncc4)C[C@@H]3C2)cc1. The summed E-state index contributed by atoms with van der Waals surface area (Å²) in [5.74, 6) is 2.49. The van der Waals surface area contributed by atoms with Gasteiger partial charge >= 0.3 is 0 Å². The number of thioether (sulfide) groups is 1. The van der Waals surface area contributed by atoms with E-state index in [0.717, 1.165) is 38.2 Å². The van der Waals surface area contributed by atoms with Gasteiger partial charge in [-0.15, -0.1) is 11.8 Å². The molecule has 1 aromatic carbocycles. The lowest BCUT2D eigenvalue weighted by Crippen LogP contribution is -2.32. The Morgan fingerprint density at radius 3 is 2.32 bits per heavy atom. The number of aromatic nitrogens is 1. The molecule has 0 amide bonds. The minimum absolute atomic E-state index is 0.313. The number of hydrogen-bond donors (Lipinski definition) is 2. The molecule has 2 aromatic rings. The zero-order valence-electron chi connectivity index (χ0n) is 14.2. The van der Waals surface area contributed by atoms with E-state index in [4.69, 9.17) is 0 Å². The second-order valence-electron chi connectivity index (χ2n) is 7.49. The Morgan fingerprint density at radius 2 is 1.68 bits per heavy atom. The van der Waals surface area contributed by atoms with Crippen molar-refractivity contribution >= 4 is 11.8 Å². The summed E-state index contributed by atoms with van der Waals surface area (Å²) in [6.07, 6.45) is 6.15. The fourth-order valence-corrected chi connectivity index (χ4v) is 5.27. The number of nitrogens with zero attached hydrogens (tertiary/aromatic N) is 2. The molecule has 1 unspecified atom stereocenters. The fourth-order valence-electron chi connectivity index (χ4n) is 4.40. The molecule has 1 aromatic heterocycles. The van der Waals surface area contributed by atoms with Crippen molar-refractivity contribution in [3.8, 4) is 5.75 Å². The summed E-state index contributed by atoms with van der Waals surface area (Å²) < 4.78 is 0. The maximum absolute atomic E-state index is 11.0. The van der Waals surface area contributed by atoms with Crippen molar-refractivity contribution < 1.29 is 10.2 Å². The highest BCUT2D eigenvalue weighted by Gasteiger charge is 2.47. The third-order valence-corrected chi connectivity index (χ3v) is 6.57. The number of benzene rings is 1. The number of phenolic OH excluding ortho intramolecular Hbond substituents is 1. The summed E-state index contributed by atoms with van der Waals surface area (Å²) >= 11 is 1.81. The van der Waals surface area contributed by atoms with Crippen LogP contribution in [-0.4, -0.2) is 44.7 Å². The molecule has 4 nitrogen and oxygen atoms in total. The third kappa shape index (κ3) is 4.00. The van der Waals surface area contributed by atoms with Gasteiger partial charge in [0.15, 0.2) is 0 Å². The standard InChI is InChI=1S/C20H24N2O2S/c23-18-1-3-19(4-2-18)25-14-22-12-16-10-20(24,11-17(16)13-22)9-15-5-7-21-8-6-15/h1-8,16-17,23-24H,9-14H2/t16-,17+,20?. The van der Waals surface area contributed by atoms with E-state index in [0.29, 0.717) is 17.6 Å². The lowest BCUT2D eigenvalue weighted by atomic mass is 9.92. The second kappa shape index (κ2) is 6.98. The molecule has 25 heavy (non-hydrogen) atoms. The first-order valence-electron chi connectivity index (χ1n) is 8.85. The predicted octanol–water partition coefficient (Wildman–Crippen LogP) is 3.15. The highest BCUT2D eigenvalue weighted by atomic mass is 32.2. The van der Waals surface area contributed by atoms with Gasteiger partial charge in [-0.05, 0) is 66.6 Å². The first kappa shape index (κ1) is 16.9. The first-order valence-corrected chi connectivity index (χ1v) is 9.84. The Kier molecular flexibility index (Phi) is 4.71. The minimum Gasteiger partial charge on any atom is -0.508 e. The van der Waals surface area contributed by atoms with Crippen molar-refractivity contribution in [3.63, 3.8) is 0 Å². The molecule has 2 N–H and O–H groups in total. The third-order valence-electron chi connectivity index (χ3n) is 5.47. The van der Waals surface area contributed by atoms with Crippen LogP contribution in [-0.2, 0) is 6.42 Å². The summed E-state index contributed by atoms with van der Waals surface area (Å²) in [7, 11) is 0. The highest BCUT2D eigenvalue weighted by molar-refractivity contribution is 7.99. The van der Waals surface area contributed by atoms with Gasteiger partial charge in [-0.1, -0.05) is 0 Å².